The van der Waals surface area contributed by atoms with Gasteiger partial charge >= 0.3 is 6.18 Å². The number of hydrogen-bond donors (Lipinski definition) is 2. The zero-order chi connectivity index (χ0) is 23.6. The minimum atomic E-state index is -4.56. The molecule has 1 unspecified atom stereocenters. The lowest BCUT2D eigenvalue weighted by Gasteiger charge is -2.31. The van der Waals surface area contributed by atoms with Crippen molar-refractivity contribution in [3.05, 3.63) is 52.9 Å². The number of aryl methyl sites for hydroxylation is 1. The average Bonchev–Trinajstić information content (AvgIpc) is 3.22. The number of pyridine rings is 1. The summed E-state index contributed by atoms with van der Waals surface area (Å²) in [7, 11) is 0. The lowest BCUT2D eigenvalue weighted by atomic mass is 9.90. The zero-order valence-electron chi connectivity index (χ0n) is 18.1. The number of aromatic nitrogens is 3. The van der Waals surface area contributed by atoms with E-state index in [1.807, 2.05) is 6.92 Å². The van der Waals surface area contributed by atoms with Gasteiger partial charge in [-0.3, -0.25) is 9.48 Å². The van der Waals surface area contributed by atoms with Crippen LogP contribution >= 0.6 is 11.6 Å². The number of rotatable bonds is 6. The van der Waals surface area contributed by atoms with Gasteiger partial charge in [0.1, 0.15) is 11.4 Å². The molecule has 1 aliphatic carbocycles. The molecule has 0 bridgehead atoms. The molecular weight excluding hydrogens is 455 g/mol. The van der Waals surface area contributed by atoms with Crippen molar-refractivity contribution in [2.24, 2.45) is 0 Å². The Morgan fingerprint density at radius 2 is 2.00 bits per heavy atom. The topological polar surface area (TPSA) is 71.8 Å². The fourth-order valence-corrected chi connectivity index (χ4v) is 4.48. The number of fused-ring (bicyclic) bond motifs is 1. The Morgan fingerprint density at radius 3 is 2.76 bits per heavy atom. The van der Waals surface area contributed by atoms with Gasteiger partial charge < -0.3 is 10.6 Å². The minimum absolute atomic E-state index is 0.0903. The second kappa shape index (κ2) is 9.59. The smallest absolute Gasteiger partial charge is 0.382 e. The van der Waals surface area contributed by atoms with Crippen LogP contribution in [0.25, 0.3) is 10.9 Å². The van der Waals surface area contributed by atoms with E-state index in [-0.39, 0.29) is 23.5 Å². The molecule has 2 atom stereocenters. The predicted molar refractivity (Wildman–Crippen MR) is 121 cm³/mol. The van der Waals surface area contributed by atoms with E-state index < -0.39 is 11.9 Å². The maximum atomic E-state index is 13.4. The third-order valence-electron chi connectivity index (χ3n) is 5.81. The molecule has 1 amide bonds. The molecule has 2 heterocycles. The molecule has 6 nitrogen and oxygen atoms in total. The number of benzene rings is 1. The molecule has 0 spiro atoms. The van der Waals surface area contributed by atoms with Gasteiger partial charge in [-0.25, -0.2) is 4.98 Å². The summed E-state index contributed by atoms with van der Waals surface area (Å²) >= 11 is 6.10. The Labute approximate surface area is 194 Å². The Kier molecular flexibility index (Phi) is 6.78. The fourth-order valence-electron chi connectivity index (χ4n) is 4.31. The van der Waals surface area contributed by atoms with Gasteiger partial charge in [0, 0.05) is 40.9 Å². The summed E-state index contributed by atoms with van der Waals surface area (Å²) in [6.45, 7) is 2.67. The maximum absolute atomic E-state index is 13.4. The molecule has 176 valence electrons. The van der Waals surface area contributed by atoms with E-state index in [2.05, 4.69) is 20.7 Å². The molecule has 0 saturated heterocycles. The van der Waals surface area contributed by atoms with E-state index in [1.54, 1.807) is 23.0 Å². The Balaban J connectivity index is 1.52. The van der Waals surface area contributed by atoms with Gasteiger partial charge in [-0.2, -0.15) is 18.3 Å². The van der Waals surface area contributed by atoms with Crippen LogP contribution in [-0.2, 0) is 12.7 Å². The van der Waals surface area contributed by atoms with Crippen LogP contribution in [0.3, 0.4) is 0 Å². The van der Waals surface area contributed by atoms with E-state index in [1.165, 1.54) is 12.1 Å². The number of carbonyl (C=O) groups is 1. The highest BCUT2D eigenvalue weighted by atomic mass is 35.5. The van der Waals surface area contributed by atoms with Crippen molar-refractivity contribution < 1.29 is 18.0 Å². The Bertz CT molecular complexity index is 1150. The highest BCUT2D eigenvalue weighted by Crippen LogP contribution is 2.35. The predicted octanol–water partition coefficient (Wildman–Crippen LogP) is 5.67. The molecule has 10 heteroatoms. The van der Waals surface area contributed by atoms with E-state index in [0.29, 0.717) is 34.8 Å². The van der Waals surface area contributed by atoms with Crippen LogP contribution in [0.5, 0.6) is 0 Å². The summed E-state index contributed by atoms with van der Waals surface area (Å²) in [5.74, 6) is -0.188. The summed E-state index contributed by atoms with van der Waals surface area (Å²) < 4.78 is 41.9. The third kappa shape index (κ3) is 5.40. The number of amides is 1. The third-order valence-corrected chi connectivity index (χ3v) is 6.05. The van der Waals surface area contributed by atoms with E-state index in [9.17, 15) is 18.0 Å². The zero-order valence-corrected chi connectivity index (χ0v) is 18.9. The standard InChI is InChI=1S/C23H25ClF3N5O/c1-2-10-32-20(8-9-28-32)22(33)30-16-5-3-4-15(12-16)29-19-13-21(23(25,26)27)31-18-7-6-14(24)11-17(18)19/h6-9,11,13,15-16H,2-5,10,12H2,1H3,(H,29,31)(H,30,33)/t15-,16?/m0/s1. The molecule has 3 aromatic rings. The normalized spacial score (nSPS) is 18.9. The molecule has 4 rings (SSSR count). The van der Waals surface area contributed by atoms with Crippen molar-refractivity contribution in [3.63, 3.8) is 0 Å². The number of nitrogens with one attached hydrogen (secondary N) is 2. The molecule has 0 radical (unpaired) electrons. The van der Waals surface area contributed by atoms with Crippen molar-refractivity contribution in [1.82, 2.24) is 20.1 Å². The molecule has 1 fully saturated rings. The monoisotopic (exact) mass is 479 g/mol. The van der Waals surface area contributed by atoms with Gasteiger partial charge in [0.15, 0.2) is 0 Å². The van der Waals surface area contributed by atoms with Crippen LogP contribution < -0.4 is 10.6 Å². The van der Waals surface area contributed by atoms with Gasteiger partial charge in [-0.05, 0) is 62.4 Å². The summed E-state index contributed by atoms with van der Waals surface area (Å²) in [6.07, 6.45) is 0.935. The van der Waals surface area contributed by atoms with E-state index >= 15 is 0 Å². The quantitative estimate of drug-likeness (QED) is 0.478. The van der Waals surface area contributed by atoms with Crippen molar-refractivity contribution >= 4 is 34.1 Å². The average molecular weight is 480 g/mol. The summed E-state index contributed by atoms with van der Waals surface area (Å²) in [5, 5.41) is 11.5. The Hall–Kier alpha value is -2.81. The highest BCUT2D eigenvalue weighted by Gasteiger charge is 2.34. The van der Waals surface area contributed by atoms with E-state index in [4.69, 9.17) is 11.6 Å². The summed E-state index contributed by atoms with van der Waals surface area (Å²) in [5.41, 5.74) is 0.121. The van der Waals surface area contributed by atoms with Crippen LogP contribution in [0, 0.1) is 0 Å². The minimum Gasteiger partial charge on any atom is -0.382 e. The fraction of sp³-hybridized carbons (Fsp3) is 0.435. The first-order valence-corrected chi connectivity index (χ1v) is 11.4. The first-order chi connectivity index (χ1) is 15.7. The molecular formula is C23H25ClF3N5O. The molecule has 1 saturated carbocycles. The van der Waals surface area contributed by atoms with Crippen molar-refractivity contribution in [3.8, 4) is 0 Å². The molecule has 1 aromatic carbocycles. The lowest BCUT2D eigenvalue weighted by Crippen LogP contribution is -2.42. The van der Waals surface area contributed by atoms with Crippen molar-refractivity contribution in [2.75, 3.05) is 5.32 Å². The van der Waals surface area contributed by atoms with Gasteiger partial charge in [0.2, 0.25) is 0 Å². The number of hydrogen-bond acceptors (Lipinski definition) is 4. The molecule has 1 aliphatic rings. The van der Waals surface area contributed by atoms with E-state index in [0.717, 1.165) is 31.7 Å². The van der Waals surface area contributed by atoms with Crippen LogP contribution in [0.1, 0.15) is 55.2 Å². The number of nitrogens with zero attached hydrogens (tertiary/aromatic N) is 3. The van der Waals surface area contributed by atoms with Gasteiger partial charge in [0.25, 0.3) is 5.91 Å². The summed E-state index contributed by atoms with van der Waals surface area (Å²) in [6, 6.07) is 7.16. The second-order valence-corrected chi connectivity index (χ2v) is 8.77. The lowest BCUT2D eigenvalue weighted by molar-refractivity contribution is -0.140. The van der Waals surface area contributed by atoms with Crippen molar-refractivity contribution in [1.29, 1.82) is 0 Å². The molecule has 33 heavy (non-hydrogen) atoms. The number of anilines is 1. The van der Waals surface area contributed by atoms with Crippen molar-refractivity contribution in [2.45, 2.75) is 63.8 Å². The Morgan fingerprint density at radius 1 is 1.21 bits per heavy atom. The SMILES string of the molecule is CCCn1nccc1C(=O)NC1CCC[C@H](Nc2cc(C(F)(F)F)nc3ccc(Cl)cc23)C1. The molecule has 2 N–H and O–H groups in total. The van der Waals surface area contributed by atoms with Crippen LogP contribution in [0.4, 0.5) is 18.9 Å². The first-order valence-electron chi connectivity index (χ1n) is 11.0. The van der Waals surface area contributed by atoms with Crippen LogP contribution in [0.2, 0.25) is 5.02 Å². The first kappa shape index (κ1) is 23.4. The largest absolute Gasteiger partial charge is 0.433 e. The summed E-state index contributed by atoms with van der Waals surface area (Å²) in [4.78, 5) is 16.5. The van der Waals surface area contributed by atoms with Gasteiger partial charge in [-0.1, -0.05) is 18.5 Å². The number of alkyl halides is 3. The van der Waals surface area contributed by atoms with Crippen LogP contribution in [0.15, 0.2) is 36.5 Å². The highest BCUT2D eigenvalue weighted by molar-refractivity contribution is 6.31. The van der Waals surface area contributed by atoms with Gasteiger partial charge in [-0.15, -0.1) is 0 Å². The number of carbonyl (C=O) groups excluding carboxylic acids is 1. The van der Waals surface area contributed by atoms with Crippen LogP contribution in [-0.4, -0.2) is 32.8 Å². The maximum Gasteiger partial charge on any atom is 0.433 e. The molecule has 0 aliphatic heterocycles. The van der Waals surface area contributed by atoms with Gasteiger partial charge in [0.05, 0.1) is 5.52 Å². The molecule has 2 aromatic heterocycles. The number of halogens is 4. The second-order valence-electron chi connectivity index (χ2n) is 8.33.